The molecule has 27 heavy (non-hydrogen) atoms. The highest BCUT2D eigenvalue weighted by molar-refractivity contribution is 9.10. The van der Waals surface area contributed by atoms with Crippen molar-refractivity contribution < 1.29 is 9.53 Å². The van der Waals surface area contributed by atoms with Gasteiger partial charge in [0.2, 0.25) is 5.43 Å². The van der Waals surface area contributed by atoms with Crippen LogP contribution < -0.4 is 10.7 Å². The first-order chi connectivity index (χ1) is 12.8. The lowest BCUT2D eigenvalue weighted by Gasteiger charge is -2.19. The number of carbonyl (C=O) groups is 1. The van der Waals surface area contributed by atoms with Gasteiger partial charge in [-0.15, -0.1) is 0 Å². The number of benzene rings is 1. The summed E-state index contributed by atoms with van der Waals surface area (Å²) in [5.74, 6) is -0.406. The monoisotopic (exact) mass is 434 g/mol. The van der Waals surface area contributed by atoms with Gasteiger partial charge in [-0.2, -0.15) is 0 Å². The summed E-state index contributed by atoms with van der Waals surface area (Å²) in [5, 5.41) is 3.01. The van der Waals surface area contributed by atoms with Gasteiger partial charge in [-0.1, -0.05) is 31.5 Å². The number of nitrogens with one attached hydrogen (secondary N) is 1. The molecule has 0 unspecified atom stereocenters. The number of pyridine rings is 1. The van der Waals surface area contributed by atoms with E-state index in [1.807, 2.05) is 25.5 Å². The van der Waals surface area contributed by atoms with E-state index in [2.05, 4.69) is 47.2 Å². The first-order valence-electron chi connectivity index (χ1n) is 9.07. The predicted molar refractivity (Wildman–Crippen MR) is 113 cm³/mol. The number of methoxy groups -OCH3 is 1. The highest BCUT2D eigenvalue weighted by Crippen LogP contribution is 2.26. The number of hydrogen-bond donors (Lipinski definition) is 1. The Kier molecular flexibility index (Phi) is 7.00. The van der Waals surface area contributed by atoms with Crippen LogP contribution in [0, 0.1) is 13.8 Å². The molecule has 1 aromatic heterocycles. The fourth-order valence-electron chi connectivity index (χ4n) is 3.30. The molecule has 1 heterocycles. The van der Waals surface area contributed by atoms with Crippen molar-refractivity contribution in [1.82, 2.24) is 4.57 Å². The van der Waals surface area contributed by atoms with Gasteiger partial charge in [0.25, 0.3) is 5.91 Å². The Labute approximate surface area is 168 Å². The fourth-order valence-corrected chi connectivity index (χ4v) is 3.76. The lowest BCUT2D eigenvalue weighted by molar-refractivity contribution is 0.101. The lowest BCUT2D eigenvalue weighted by Crippen LogP contribution is -2.29. The number of hydrogen-bond acceptors (Lipinski definition) is 3. The van der Waals surface area contributed by atoms with E-state index >= 15 is 0 Å². The Morgan fingerprint density at radius 3 is 2.22 bits per heavy atom. The highest BCUT2D eigenvalue weighted by atomic mass is 79.9. The quantitative estimate of drug-likeness (QED) is 0.737. The standard InChI is InChI=1S/C21H27BrN2O3/c1-7-14-9-12(3)10-15(8-2)19(14)23-21(26)17-16(11-27-6)24(5)13(4)18(22)20(17)25/h9-10H,7-8,11H2,1-6H3,(H,23,26). The van der Waals surface area contributed by atoms with Crippen LogP contribution in [0.3, 0.4) is 0 Å². The van der Waals surface area contributed by atoms with E-state index in [0.29, 0.717) is 10.2 Å². The Bertz CT molecular complexity index is 907. The van der Waals surface area contributed by atoms with Crippen molar-refractivity contribution in [1.29, 1.82) is 0 Å². The van der Waals surface area contributed by atoms with E-state index < -0.39 is 5.91 Å². The Hall–Kier alpha value is -1.92. The minimum atomic E-state index is -0.406. The topological polar surface area (TPSA) is 60.3 Å². The smallest absolute Gasteiger partial charge is 0.261 e. The van der Waals surface area contributed by atoms with Crippen LogP contribution in [0.4, 0.5) is 5.69 Å². The molecule has 0 spiro atoms. The number of ether oxygens (including phenoxy) is 1. The van der Waals surface area contributed by atoms with Crippen LogP contribution in [0.5, 0.6) is 0 Å². The Balaban J connectivity index is 2.63. The normalized spacial score (nSPS) is 10.9. The number of rotatable bonds is 6. The van der Waals surface area contributed by atoms with Gasteiger partial charge in [0, 0.05) is 25.5 Å². The summed E-state index contributed by atoms with van der Waals surface area (Å²) in [7, 11) is 3.37. The van der Waals surface area contributed by atoms with Gasteiger partial charge < -0.3 is 14.6 Å². The second kappa shape index (κ2) is 8.85. The van der Waals surface area contributed by atoms with E-state index in [1.54, 1.807) is 7.11 Å². The molecule has 2 rings (SSSR count). The van der Waals surface area contributed by atoms with Crippen molar-refractivity contribution in [3.8, 4) is 0 Å². The number of halogens is 1. The van der Waals surface area contributed by atoms with Gasteiger partial charge in [0.05, 0.1) is 16.8 Å². The van der Waals surface area contributed by atoms with E-state index in [-0.39, 0.29) is 17.6 Å². The van der Waals surface area contributed by atoms with Gasteiger partial charge in [0.15, 0.2) is 0 Å². The van der Waals surface area contributed by atoms with Crippen molar-refractivity contribution >= 4 is 27.5 Å². The zero-order chi connectivity index (χ0) is 20.3. The molecular weight excluding hydrogens is 408 g/mol. The summed E-state index contributed by atoms with van der Waals surface area (Å²) in [6.07, 6.45) is 1.59. The molecule has 1 amide bonds. The maximum Gasteiger partial charge on any atom is 0.261 e. The van der Waals surface area contributed by atoms with Crippen LogP contribution >= 0.6 is 15.9 Å². The summed E-state index contributed by atoms with van der Waals surface area (Å²) in [5.41, 5.74) is 5.20. The molecule has 1 aromatic carbocycles. The maximum atomic E-state index is 13.2. The third kappa shape index (κ3) is 4.17. The van der Waals surface area contributed by atoms with E-state index in [1.165, 1.54) is 0 Å². The Morgan fingerprint density at radius 1 is 1.19 bits per heavy atom. The predicted octanol–water partition coefficient (Wildman–Crippen LogP) is 4.29. The van der Waals surface area contributed by atoms with Crippen molar-refractivity contribution in [2.75, 3.05) is 12.4 Å². The number of carbonyl (C=O) groups excluding carboxylic acids is 1. The Morgan fingerprint density at radius 2 is 1.74 bits per heavy atom. The highest BCUT2D eigenvalue weighted by Gasteiger charge is 2.23. The average Bonchev–Trinajstić information content (AvgIpc) is 2.65. The zero-order valence-corrected chi connectivity index (χ0v) is 18.4. The molecular formula is C21H27BrN2O3. The molecule has 146 valence electrons. The van der Waals surface area contributed by atoms with Crippen molar-refractivity contribution in [2.45, 2.75) is 47.1 Å². The van der Waals surface area contributed by atoms with Crippen molar-refractivity contribution in [3.05, 3.63) is 60.5 Å². The molecule has 0 aliphatic heterocycles. The number of anilines is 1. The van der Waals surface area contributed by atoms with Crippen LogP contribution in [0.2, 0.25) is 0 Å². The third-order valence-corrected chi connectivity index (χ3v) is 5.83. The summed E-state index contributed by atoms with van der Waals surface area (Å²) in [4.78, 5) is 26.0. The second-order valence-electron chi connectivity index (χ2n) is 6.66. The van der Waals surface area contributed by atoms with Gasteiger partial charge >= 0.3 is 0 Å². The average molecular weight is 435 g/mol. The summed E-state index contributed by atoms with van der Waals surface area (Å²) >= 11 is 3.33. The zero-order valence-electron chi connectivity index (χ0n) is 16.8. The number of aromatic nitrogens is 1. The maximum absolute atomic E-state index is 13.2. The van der Waals surface area contributed by atoms with Crippen molar-refractivity contribution in [3.63, 3.8) is 0 Å². The minimum Gasteiger partial charge on any atom is -0.378 e. The molecule has 0 bridgehead atoms. The van der Waals surface area contributed by atoms with Crippen LogP contribution in [-0.2, 0) is 31.2 Å². The number of amides is 1. The minimum absolute atomic E-state index is 0.113. The van der Waals surface area contributed by atoms with Gasteiger partial charge in [-0.3, -0.25) is 9.59 Å². The largest absolute Gasteiger partial charge is 0.378 e. The van der Waals surface area contributed by atoms with Crippen LogP contribution in [0.25, 0.3) is 0 Å². The van der Waals surface area contributed by atoms with E-state index in [4.69, 9.17) is 4.74 Å². The third-order valence-electron chi connectivity index (χ3n) is 4.90. The second-order valence-corrected chi connectivity index (χ2v) is 7.45. The molecule has 0 aliphatic carbocycles. The van der Waals surface area contributed by atoms with Gasteiger partial charge in [-0.05, 0) is 53.7 Å². The molecule has 6 heteroatoms. The van der Waals surface area contributed by atoms with Crippen LogP contribution in [0.1, 0.15) is 52.3 Å². The molecule has 5 nitrogen and oxygen atoms in total. The summed E-state index contributed by atoms with van der Waals surface area (Å²) in [6, 6.07) is 4.15. The van der Waals surface area contributed by atoms with Gasteiger partial charge in [-0.25, -0.2) is 0 Å². The molecule has 2 aromatic rings. The van der Waals surface area contributed by atoms with Crippen molar-refractivity contribution in [2.24, 2.45) is 7.05 Å². The SMILES string of the molecule is CCc1cc(C)cc(CC)c1NC(=O)c1c(COC)n(C)c(C)c(Br)c1=O. The number of aryl methyl sites for hydroxylation is 3. The summed E-state index contributed by atoms with van der Waals surface area (Å²) < 4.78 is 7.46. The summed E-state index contributed by atoms with van der Waals surface area (Å²) in [6.45, 7) is 8.17. The molecule has 0 atom stereocenters. The molecule has 0 radical (unpaired) electrons. The van der Waals surface area contributed by atoms with E-state index in [9.17, 15) is 9.59 Å². The molecule has 0 saturated heterocycles. The van der Waals surface area contributed by atoms with Crippen LogP contribution in [-0.4, -0.2) is 17.6 Å². The molecule has 0 fully saturated rings. The van der Waals surface area contributed by atoms with Crippen LogP contribution in [0.15, 0.2) is 21.4 Å². The molecule has 0 saturated carbocycles. The fraction of sp³-hybridized carbons (Fsp3) is 0.429. The van der Waals surface area contributed by atoms with E-state index in [0.717, 1.165) is 40.9 Å². The molecule has 1 N–H and O–H groups in total. The first kappa shape index (κ1) is 21.4. The van der Waals surface area contributed by atoms with Gasteiger partial charge in [0.1, 0.15) is 5.56 Å². The number of nitrogens with zero attached hydrogens (tertiary/aromatic N) is 1. The molecule has 0 aliphatic rings. The lowest BCUT2D eigenvalue weighted by atomic mass is 9.99. The first-order valence-corrected chi connectivity index (χ1v) is 9.86.